The molecule has 0 spiro atoms. The van der Waals surface area contributed by atoms with Crippen molar-refractivity contribution in [3.05, 3.63) is 143 Å². The molecule has 0 bridgehead atoms. The molecule has 16 heteroatoms. The van der Waals surface area contributed by atoms with Crippen LogP contribution in [0.15, 0.2) is 122 Å². The van der Waals surface area contributed by atoms with Crippen molar-refractivity contribution in [3.8, 4) is 0 Å². The fourth-order valence-corrected chi connectivity index (χ4v) is 5.61. The van der Waals surface area contributed by atoms with Gasteiger partial charge in [0.15, 0.2) is 28.4 Å². The summed E-state index contributed by atoms with van der Waals surface area (Å²) >= 11 is 11.9. The predicted octanol–water partition coefficient (Wildman–Crippen LogP) is 7.11. The van der Waals surface area contributed by atoms with Gasteiger partial charge in [0.2, 0.25) is 11.9 Å². The number of hydrogen-bond acceptors (Lipinski definition) is 12. The van der Waals surface area contributed by atoms with E-state index in [0.717, 1.165) is 28.0 Å². The Labute approximate surface area is 307 Å². The summed E-state index contributed by atoms with van der Waals surface area (Å²) in [6.07, 6.45) is 3.50. The molecule has 0 amide bonds. The molecule has 0 saturated heterocycles. The lowest BCUT2D eigenvalue weighted by molar-refractivity contribution is 0.813. The summed E-state index contributed by atoms with van der Waals surface area (Å²) in [7, 11) is 0. The fourth-order valence-electron chi connectivity index (χ4n) is 5.36. The van der Waals surface area contributed by atoms with Crippen LogP contribution in [0.1, 0.15) is 11.1 Å². The molecule has 0 aliphatic heterocycles. The van der Waals surface area contributed by atoms with E-state index in [2.05, 4.69) is 75.7 Å². The number of hydrazine groups is 2. The maximum atomic E-state index is 5.96. The molecule has 4 aromatic heterocycles. The average Bonchev–Trinajstić information content (AvgIpc) is 3.78. The molecule has 4 heterocycles. The van der Waals surface area contributed by atoms with E-state index in [9.17, 15) is 0 Å². The zero-order valence-corrected chi connectivity index (χ0v) is 29.0. The lowest BCUT2D eigenvalue weighted by Crippen LogP contribution is -2.12. The van der Waals surface area contributed by atoms with Crippen LogP contribution < -0.4 is 33.2 Å². The highest BCUT2D eigenvalue weighted by molar-refractivity contribution is 6.30. The minimum Gasteiger partial charge on any atom is -0.338 e. The van der Waals surface area contributed by atoms with E-state index in [1.165, 1.54) is 0 Å². The molecule has 0 saturated carbocycles. The van der Waals surface area contributed by atoms with E-state index < -0.39 is 0 Å². The van der Waals surface area contributed by atoms with Gasteiger partial charge in [-0.3, -0.25) is 10.9 Å². The summed E-state index contributed by atoms with van der Waals surface area (Å²) in [6, 6.07) is 35.0. The molecule has 0 aliphatic rings. The fraction of sp³-hybridized carbons (Fsp3) is 0.0556. The first kappa shape index (κ1) is 34.1. The van der Waals surface area contributed by atoms with E-state index >= 15 is 0 Å². The number of nitrogen functional groups attached to an aromatic ring is 2. The van der Waals surface area contributed by atoms with Gasteiger partial charge in [-0.25, -0.2) is 21.7 Å². The van der Waals surface area contributed by atoms with Crippen LogP contribution in [0.25, 0.3) is 22.3 Å². The first-order chi connectivity index (χ1) is 25.4. The Kier molecular flexibility index (Phi) is 10.3. The third-order valence-corrected chi connectivity index (χ3v) is 8.30. The number of aromatic nitrogens is 8. The minimum absolute atomic E-state index is 0.291. The van der Waals surface area contributed by atoms with Gasteiger partial charge in [0.1, 0.15) is 5.52 Å². The molecule has 0 fully saturated rings. The number of hydrogen-bond donors (Lipinski definition) is 6. The highest BCUT2D eigenvalue weighted by Gasteiger charge is 2.15. The van der Waals surface area contributed by atoms with E-state index in [1.807, 2.05) is 81.9 Å². The molecule has 52 heavy (non-hydrogen) atoms. The maximum absolute atomic E-state index is 5.96. The lowest BCUT2D eigenvalue weighted by atomic mass is 10.2. The number of rotatable bonds is 10. The molecule has 8 N–H and O–H groups in total. The third kappa shape index (κ3) is 8.01. The highest BCUT2D eigenvalue weighted by Crippen LogP contribution is 2.27. The first-order valence-corrected chi connectivity index (χ1v) is 16.7. The van der Waals surface area contributed by atoms with Crippen molar-refractivity contribution in [2.75, 3.05) is 21.5 Å². The number of nitrogens with zero attached hydrogens (tertiary/aromatic N) is 8. The molecule has 4 aromatic carbocycles. The zero-order chi connectivity index (χ0) is 35.9. The number of anilines is 6. The van der Waals surface area contributed by atoms with Gasteiger partial charge in [0, 0.05) is 28.0 Å². The number of benzene rings is 4. The van der Waals surface area contributed by atoms with Crippen LogP contribution in [-0.2, 0) is 13.1 Å². The summed E-state index contributed by atoms with van der Waals surface area (Å²) in [4.78, 5) is 26.5. The Hall–Kier alpha value is -6.32. The van der Waals surface area contributed by atoms with Crippen LogP contribution in [0.2, 0.25) is 10.0 Å². The summed E-state index contributed by atoms with van der Waals surface area (Å²) in [5.74, 6) is 12.8. The Morgan fingerprint density at radius 3 is 1.62 bits per heavy atom. The summed E-state index contributed by atoms with van der Waals surface area (Å²) in [5.41, 5.74) is 11.7. The predicted molar refractivity (Wildman–Crippen MR) is 207 cm³/mol. The molecular formula is C36H32Cl2N14. The van der Waals surface area contributed by atoms with Crippen molar-refractivity contribution in [2.24, 2.45) is 11.7 Å². The average molecular weight is 732 g/mol. The van der Waals surface area contributed by atoms with E-state index in [-0.39, 0.29) is 0 Å². The van der Waals surface area contributed by atoms with Gasteiger partial charge in [0.05, 0.1) is 19.2 Å². The molecule has 0 radical (unpaired) electrons. The monoisotopic (exact) mass is 730 g/mol. The van der Waals surface area contributed by atoms with Crippen molar-refractivity contribution in [1.29, 1.82) is 0 Å². The summed E-state index contributed by atoms with van der Waals surface area (Å²) < 4.78 is 3.96. The number of halogens is 2. The normalized spacial score (nSPS) is 10.8. The topological polar surface area (TPSA) is 187 Å². The van der Waals surface area contributed by atoms with Crippen LogP contribution in [0.5, 0.6) is 0 Å². The Bertz CT molecular complexity index is 2400. The third-order valence-electron chi connectivity index (χ3n) is 7.80. The molecule has 8 rings (SSSR count). The SMILES string of the molecule is NNc1nc(Nc2ccc(Cl)cc2)c2c(ncn2Cc2ccccc2)n1.NNc1nc(Nc2ccc(Cl)cc2)c2ncn(Cc3ccccc3)c2n1. The van der Waals surface area contributed by atoms with Gasteiger partial charge in [-0.15, -0.1) is 0 Å². The second-order valence-corrected chi connectivity index (χ2v) is 12.3. The van der Waals surface area contributed by atoms with Gasteiger partial charge in [-0.1, -0.05) is 83.9 Å². The van der Waals surface area contributed by atoms with Crippen LogP contribution in [0.4, 0.5) is 34.9 Å². The van der Waals surface area contributed by atoms with Crippen LogP contribution >= 0.6 is 23.2 Å². The van der Waals surface area contributed by atoms with Crippen LogP contribution in [-0.4, -0.2) is 39.0 Å². The quantitative estimate of drug-likeness (QED) is 0.0619. The zero-order valence-electron chi connectivity index (χ0n) is 27.4. The first-order valence-electron chi connectivity index (χ1n) is 16.0. The van der Waals surface area contributed by atoms with Gasteiger partial charge in [0.25, 0.3) is 0 Å². The number of nitrogens with one attached hydrogen (secondary N) is 4. The Balaban J connectivity index is 0.000000162. The molecule has 14 nitrogen and oxygen atoms in total. The summed E-state index contributed by atoms with van der Waals surface area (Å²) in [5, 5.41) is 7.87. The van der Waals surface area contributed by atoms with E-state index in [4.69, 9.17) is 34.9 Å². The summed E-state index contributed by atoms with van der Waals surface area (Å²) in [6.45, 7) is 1.31. The number of nitrogens with two attached hydrogens (primary N) is 2. The number of imidazole rings is 2. The molecular weight excluding hydrogens is 699 g/mol. The largest absolute Gasteiger partial charge is 0.338 e. The molecule has 0 unspecified atom stereocenters. The Morgan fingerprint density at radius 1 is 0.538 bits per heavy atom. The molecule has 0 atom stereocenters. The maximum Gasteiger partial charge on any atom is 0.241 e. The van der Waals surface area contributed by atoms with Gasteiger partial charge >= 0.3 is 0 Å². The van der Waals surface area contributed by atoms with Gasteiger partial charge in [-0.05, 0) is 59.7 Å². The second-order valence-electron chi connectivity index (χ2n) is 11.4. The number of fused-ring (bicyclic) bond motifs is 2. The van der Waals surface area contributed by atoms with E-state index in [0.29, 0.717) is 63.5 Å². The van der Waals surface area contributed by atoms with Gasteiger partial charge in [-0.2, -0.15) is 19.9 Å². The van der Waals surface area contributed by atoms with Crippen molar-refractivity contribution >= 4 is 80.4 Å². The van der Waals surface area contributed by atoms with Crippen molar-refractivity contribution < 1.29 is 0 Å². The second kappa shape index (κ2) is 15.7. The molecule has 0 aliphatic carbocycles. The lowest BCUT2D eigenvalue weighted by Gasteiger charge is -2.11. The van der Waals surface area contributed by atoms with E-state index in [1.54, 1.807) is 24.8 Å². The van der Waals surface area contributed by atoms with Crippen molar-refractivity contribution in [2.45, 2.75) is 13.1 Å². The highest BCUT2D eigenvalue weighted by atomic mass is 35.5. The van der Waals surface area contributed by atoms with Gasteiger partial charge < -0.3 is 19.8 Å². The smallest absolute Gasteiger partial charge is 0.241 e. The molecule has 8 aromatic rings. The molecule has 260 valence electrons. The minimum atomic E-state index is 0.291. The standard InChI is InChI=1S/2C18H16ClN7/c19-13-6-8-14(9-7-13)22-17-15-16(23-18(24-17)25-20)21-11-26(15)10-12-4-2-1-3-5-12;19-13-6-8-14(9-7-13)22-16-15-17(24-18(23-16)25-20)26(11-21-15)10-12-4-2-1-3-5-12/h2*1-9,11H,10,20H2,(H2,22,23,24,25). The van der Waals surface area contributed by atoms with Crippen molar-refractivity contribution in [1.82, 2.24) is 39.0 Å². The Morgan fingerprint density at radius 2 is 1.04 bits per heavy atom. The van der Waals surface area contributed by atoms with Crippen LogP contribution in [0.3, 0.4) is 0 Å². The van der Waals surface area contributed by atoms with Crippen LogP contribution in [0, 0.1) is 0 Å². The van der Waals surface area contributed by atoms with Crippen molar-refractivity contribution in [3.63, 3.8) is 0 Å².